The van der Waals surface area contributed by atoms with Crippen LogP contribution >= 0.6 is 0 Å². The van der Waals surface area contributed by atoms with Gasteiger partial charge in [-0.2, -0.15) is 0 Å². The fraction of sp³-hybridized carbons (Fsp3) is 0.538. The minimum atomic E-state index is -0.526. The second kappa shape index (κ2) is 3.32. The van der Waals surface area contributed by atoms with Crippen molar-refractivity contribution in [2.24, 2.45) is 5.73 Å². The molecule has 1 aromatic rings. The molecule has 0 amide bonds. The third-order valence-corrected chi connectivity index (χ3v) is 3.55. The van der Waals surface area contributed by atoms with Gasteiger partial charge in [0.05, 0.1) is 5.60 Å². The Morgan fingerprint density at radius 3 is 2.40 bits per heavy atom. The molecule has 1 aliphatic rings. The molecule has 0 spiro atoms. The highest BCUT2D eigenvalue weighted by Gasteiger charge is 2.51. The van der Waals surface area contributed by atoms with E-state index in [-0.39, 0.29) is 5.41 Å². The second-order valence-corrected chi connectivity index (χ2v) is 5.15. The van der Waals surface area contributed by atoms with Crippen LogP contribution in [0.1, 0.15) is 30.9 Å². The molecule has 0 radical (unpaired) electrons. The number of hydrogen-bond acceptors (Lipinski definition) is 2. The number of benzene rings is 1. The molecule has 1 aromatic carbocycles. The molecule has 0 bridgehead atoms. The van der Waals surface area contributed by atoms with Gasteiger partial charge in [0.25, 0.3) is 0 Å². The topological polar surface area (TPSA) is 46.2 Å². The lowest BCUT2D eigenvalue weighted by molar-refractivity contribution is -0.0727. The van der Waals surface area contributed by atoms with Crippen molar-refractivity contribution in [3.8, 4) is 0 Å². The summed E-state index contributed by atoms with van der Waals surface area (Å²) in [5, 5.41) is 9.88. The molecule has 1 saturated carbocycles. The fourth-order valence-corrected chi connectivity index (χ4v) is 3.02. The molecular formula is C13H19NO. The fourth-order valence-electron chi connectivity index (χ4n) is 3.02. The average molecular weight is 205 g/mol. The van der Waals surface area contributed by atoms with Gasteiger partial charge in [-0.15, -0.1) is 0 Å². The van der Waals surface area contributed by atoms with Crippen LogP contribution in [0.4, 0.5) is 0 Å². The first-order valence-electron chi connectivity index (χ1n) is 5.48. The molecule has 0 heterocycles. The van der Waals surface area contributed by atoms with Crippen molar-refractivity contribution in [1.82, 2.24) is 0 Å². The molecule has 2 rings (SSSR count). The van der Waals surface area contributed by atoms with E-state index in [4.69, 9.17) is 5.73 Å². The highest BCUT2D eigenvalue weighted by atomic mass is 16.3. The van der Waals surface area contributed by atoms with Crippen LogP contribution in [0.5, 0.6) is 0 Å². The predicted molar refractivity (Wildman–Crippen MR) is 61.8 cm³/mol. The highest BCUT2D eigenvalue weighted by molar-refractivity contribution is 5.37. The van der Waals surface area contributed by atoms with E-state index in [1.807, 2.05) is 19.1 Å². The van der Waals surface area contributed by atoms with Crippen LogP contribution < -0.4 is 5.73 Å². The van der Waals surface area contributed by atoms with Gasteiger partial charge in [-0.05, 0) is 37.8 Å². The molecule has 0 atom stereocenters. The summed E-state index contributed by atoms with van der Waals surface area (Å²) in [7, 11) is 0. The molecular weight excluding hydrogens is 186 g/mol. The van der Waals surface area contributed by atoms with Crippen LogP contribution in [0.15, 0.2) is 24.3 Å². The summed E-state index contributed by atoms with van der Waals surface area (Å²) < 4.78 is 0. The molecule has 0 unspecified atom stereocenters. The summed E-state index contributed by atoms with van der Waals surface area (Å²) in [6.45, 7) is 4.62. The number of aryl methyl sites for hydroxylation is 1. The van der Waals surface area contributed by atoms with Crippen LogP contribution in [-0.4, -0.2) is 17.3 Å². The first-order valence-corrected chi connectivity index (χ1v) is 5.48. The molecule has 15 heavy (non-hydrogen) atoms. The lowest BCUT2D eigenvalue weighted by Crippen LogP contribution is -2.56. The molecule has 0 aromatic heterocycles. The Morgan fingerprint density at radius 2 is 1.93 bits per heavy atom. The molecule has 2 heteroatoms. The number of hydrogen-bond donors (Lipinski definition) is 2. The summed E-state index contributed by atoms with van der Waals surface area (Å²) >= 11 is 0. The summed E-state index contributed by atoms with van der Waals surface area (Å²) in [5.41, 5.74) is 7.94. The van der Waals surface area contributed by atoms with Crippen molar-refractivity contribution in [3.63, 3.8) is 0 Å². The summed E-state index contributed by atoms with van der Waals surface area (Å²) in [4.78, 5) is 0. The quantitative estimate of drug-likeness (QED) is 0.772. The zero-order valence-corrected chi connectivity index (χ0v) is 9.46. The van der Waals surface area contributed by atoms with Gasteiger partial charge in [-0.3, -0.25) is 0 Å². The van der Waals surface area contributed by atoms with Crippen LogP contribution in [0.3, 0.4) is 0 Å². The smallest absolute Gasteiger partial charge is 0.0637 e. The SMILES string of the molecule is Cc1ccccc1C1(CN)CC(C)(O)C1. The van der Waals surface area contributed by atoms with E-state index in [0.717, 1.165) is 12.8 Å². The van der Waals surface area contributed by atoms with Gasteiger partial charge in [0, 0.05) is 12.0 Å². The van der Waals surface area contributed by atoms with E-state index < -0.39 is 5.60 Å². The first kappa shape index (κ1) is 10.7. The van der Waals surface area contributed by atoms with Crippen molar-refractivity contribution in [1.29, 1.82) is 0 Å². The van der Waals surface area contributed by atoms with Crippen molar-refractivity contribution in [3.05, 3.63) is 35.4 Å². The number of aliphatic hydroxyl groups is 1. The first-order chi connectivity index (χ1) is 6.99. The maximum absolute atomic E-state index is 9.88. The molecule has 1 fully saturated rings. The maximum atomic E-state index is 9.88. The highest BCUT2D eigenvalue weighted by Crippen LogP contribution is 2.50. The van der Waals surface area contributed by atoms with Crippen molar-refractivity contribution in [2.75, 3.05) is 6.54 Å². The molecule has 2 nitrogen and oxygen atoms in total. The Morgan fingerprint density at radius 1 is 1.33 bits per heavy atom. The zero-order valence-electron chi connectivity index (χ0n) is 9.46. The van der Waals surface area contributed by atoms with Gasteiger partial charge >= 0.3 is 0 Å². The minimum absolute atomic E-state index is 0.00877. The normalized spacial score (nSPS) is 34.9. The van der Waals surface area contributed by atoms with Crippen molar-refractivity contribution in [2.45, 2.75) is 37.7 Å². The van der Waals surface area contributed by atoms with E-state index in [0.29, 0.717) is 6.54 Å². The molecule has 0 aliphatic heterocycles. The van der Waals surface area contributed by atoms with E-state index >= 15 is 0 Å². The Kier molecular flexibility index (Phi) is 2.36. The van der Waals surface area contributed by atoms with Gasteiger partial charge in [-0.1, -0.05) is 24.3 Å². The van der Waals surface area contributed by atoms with Crippen molar-refractivity contribution >= 4 is 0 Å². The van der Waals surface area contributed by atoms with Gasteiger partial charge in [0.15, 0.2) is 0 Å². The monoisotopic (exact) mass is 205 g/mol. The Labute approximate surface area is 91.1 Å². The standard InChI is InChI=1S/C13H19NO/c1-10-5-3-4-6-11(10)13(9-14)7-12(2,15)8-13/h3-6,15H,7-9,14H2,1-2H3. The number of rotatable bonds is 2. The Bertz CT molecular complexity index is 363. The number of nitrogens with two attached hydrogens (primary N) is 1. The van der Waals surface area contributed by atoms with E-state index in [9.17, 15) is 5.11 Å². The van der Waals surface area contributed by atoms with Crippen molar-refractivity contribution < 1.29 is 5.11 Å². The van der Waals surface area contributed by atoms with Gasteiger partial charge in [0.1, 0.15) is 0 Å². The van der Waals surface area contributed by atoms with E-state index in [2.05, 4.69) is 19.1 Å². The van der Waals surface area contributed by atoms with Crippen LogP contribution in [0.2, 0.25) is 0 Å². The van der Waals surface area contributed by atoms with E-state index in [1.165, 1.54) is 11.1 Å². The van der Waals surface area contributed by atoms with Gasteiger partial charge in [0.2, 0.25) is 0 Å². The molecule has 1 aliphatic carbocycles. The van der Waals surface area contributed by atoms with Crippen LogP contribution in [0.25, 0.3) is 0 Å². The van der Waals surface area contributed by atoms with Crippen LogP contribution in [-0.2, 0) is 5.41 Å². The van der Waals surface area contributed by atoms with Gasteiger partial charge < -0.3 is 10.8 Å². The summed E-state index contributed by atoms with van der Waals surface area (Å²) in [6.07, 6.45) is 1.56. The Balaban J connectivity index is 2.34. The largest absolute Gasteiger partial charge is 0.390 e. The third kappa shape index (κ3) is 1.68. The predicted octanol–water partition coefficient (Wildman–Crippen LogP) is 1.74. The second-order valence-electron chi connectivity index (χ2n) is 5.15. The molecule has 3 N–H and O–H groups in total. The lowest BCUT2D eigenvalue weighted by Gasteiger charge is -2.52. The third-order valence-electron chi connectivity index (χ3n) is 3.55. The maximum Gasteiger partial charge on any atom is 0.0637 e. The van der Waals surface area contributed by atoms with E-state index in [1.54, 1.807) is 0 Å². The summed E-state index contributed by atoms with van der Waals surface area (Å²) in [5.74, 6) is 0. The van der Waals surface area contributed by atoms with Crippen LogP contribution in [0, 0.1) is 6.92 Å². The minimum Gasteiger partial charge on any atom is -0.390 e. The Hall–Kier alpha value is -0.860. The molecule has 0 saturated heterocycles. The average Bonchev–Trinajstić information content (AvgIpc) is 2.14. The zero-order chi connectivity index (χ0) is 11.1. The summed E-state index contributed by atoms with van der Waals surface area (Å²) in [6, 6.07) is 8.34. The van der Waals surface area contributed by atoms with Gasteiger partial charge in [-0.25, -0.2) is 0 Å². The lowest BCUT2D eigenvalue weighted by atomic mass is 9.56. The molecule has 82 valence electrons.